The van der Waals surface area contributed by atoms with Crippen LogP contribution in [0.15, 0.2) is 10.7 Å². The molecule has 6 nitrogen and oxygen atoms in total. The fourth-order valence-electron chi connectivity index (χ4n) is 2.31. The lowest BCUT2D eigenvalue weighted by Crippen LogP contribution is -2.08. The molecule has 0 radical (unpaired) electrons. The predicted molar refractivity (Wildman–Crippen MR) is 74.5 cm³/mol. The van der Waals surface area contributed by atoms with Crippen molar-refractivity contribution in [2.45, 2.75) is 43.1 Å². The summed E-state index contributed by atoms with van der Waals surface area (Å²) in [7, 11) is 0. The lowest BCUT2D eigenvalue weighted by Gasteiger charge is -2.19. The number of aromatic nitrogens is 4. The van der Waals surface area contributed by atoms with Crippen LogP contribution in [0.25, 0.3) is 11.5 Å². The smallest absolute Gasteiger partial charge is 0.263 e. The minimum absolute atomic E-state index is 0.436. The maximum Gasteiger partial charge on any atom is 0.263 e. The molecule has 102 valence electrons. The highest BCUT2D eigenvalue weighted by Gasteiger charge is 2.17. The SMILES string of the molecule is Nc1[nH]ncc1-c1nc(CSC2CCCCC2)no1. The third-order valence-corrected chi connectivity index (χ3v) is 4.74. The largest absolute Gasteiger partial charge is 0.383 e. The number of nitrogens with one attached hydrogen (secondary N) is 1. The van der Waals surface area contributed by atoms with E-state index in [2.05, 4.69) is 20.3 Å². The van der Waals surface area contributed by atoms with E-state index in [-0.39, 0.29) is 0 Å². The number of anilines is 1. The second kappa shape index (κ2) is 5.64. The summed E-state index contributed by atoms with van der Waals surface area (Å²) in [5.74, 6) is 2.41. The summed E-state index contributed by atoms with van der Waals surface area (Å²) in [6.45, 7) is 0. The fourth-order valence-corrected chi connectivity index (χ4v) is 3.48. The molecule has 0 unspecified atom stereocenters. The van der Waals surface area contributed by atoms with Gasteiger partial charge in [-0.05, 0) is 12.8 Å². The summed E-state index contributed by atoms with van der Waals surface area (Å²) in [5, 5.41) is 11.2. The van der Waals surface area contributed by atoms with Gasteiger partial charge in [0.05, 0.1) is 11.9 Å². The van der Waals surface area contributed by atoms with Gasteiger partial charge in [-0.25, -0.2) is 0 Å². The standard InChI is InChI=1S/C12H17N5OS/c13-11-9(6-14-16-11)12-15-10(17-18-12)7-19-8-4-2-1-3-5-8/h6,8H,1-5,7H2,(H3,13,14,16). The van der Waals surface area contributed by atoms with Gasteiger partial charge in [0.2, 0.25) is 0 Å². The van der Waals surface area contributed by atoms with Crippen LogP contribution in [0, 0.1) is 0 Å². The van der Waals surface area contributed by atoms with Crippen LogP contribution < -0.4 is 5.73 Å². The van der Waals surface area contributed by atoms with E-state index in [4.69, 9.17) is 10.3 Å². The monoisotopic (exact) mass is 279 g/mol. The molecular formula is C12H17N5OS. The first-order valence-corrected chi connectivity index (χ1v) is 7.61. The Morgan fingerprint density at radius 3 is 2.95 bits per heavy atom. The normalized spacial score (nSPS) is 16.8. The van der Waals surface area contributed by atoms with Crippen molar-refractivity contribution in [3.05, 3.63) is 12.0 Å². The molecule has 0 amide bonds. The van der Waals surface area contributed by atoms with E-state index >= 15 is 0 Å². The van der Waals surface area contributed by atoms with Gasteiger partial charge >= 0.3 is 0 Å². The first-order chi connectivity index (χ1) is 9.33. The third kappa shape index (κ3) is 2.91. The quantitative estimate of drug-likeness (QED) is 0.893. The molecule has 0 atom stereocenters. The minimum Gasteiger partial charge on any atom is -0.383 e. The Morgan fingerprint density at radius 1 is 1.37 bits per heavy atom. The Bertz CT molecular complexity index is 532. The summed E-state index contributed by atoms with van der Waals surface area (Å²) in [6.07, 6.45) is 8.29. The molecule has 0 aromatic carbocycles. The van der Waals surface area contributed by atoms with E-state index in [0.29, 0.717) is 17.3 Å². The van der Waals surface area contributed by atoms with Crippen LogP contribution >= 0.6 is 11.8 Å². The highest BCUT2D eigenvalue weighted by atomic mass is 32.2. The van der Waals surface area contributed by atoms with E-state index < -0.39 is 0 Å². The van der Waals surface area contributed by atoms with Crippen LogP contribution in [0.4, 0.5) is 5.82 Å². The average molecular weight is 279 g/mol. The second-order valence-electron chi connectivity index (χ2n) is 4.78. The van der Waals surface area contributed by atoms with Gasteiger partial charge in [0.25, 0.3) is 5.89 Å². The first-order valence-electron chi connectivity index (χ1n) is 6.56. The number of H-pyrrole nitrogens is 1. The summed E-state index contributed by atoms with van der Waals surface area (Å²) in [6, 6.07) is 0. The average Bonchev–Trinajstić information content (AvgIpc) is 3.06. The van der Waals surface area contributed by atoms with Gasteiger partial charge in [0, 0.05) is 5.25 Å². The van der Waals surface area contributed by atoms with Crippen molar-refractivity contribution in [2.75, 3.05) is 5.73 Å². The molecule has 0 bridgehead atoms. The van der Waals surface area contributed by atoms with Gasteiger partial charge in [-0.1, -0.05) is 24.4 Å². The number of nitrogens with zero attached hydrogens (tertiary/aromatic N) is 3. The van der Waals surface area contributed by atoms with Gasteiger partial charge in [0.1, 0.15) is 11.4 Å². The van der Waals surface area contributed by atoms with Crippen molar-refractivity contribution >= 4 is 17.6 Å². The van der Waals surface area contributed by atoms with Gasteiger partial charge in [0.15, 0.2) is 5.82 Å². The Balaban J connectivity index is 1.60. The van der Waals surface area contributed by atoms with E-state index in [9.17, 15) is 0 Å². The van der Waals surface area contributed by atoms with Crippen LogP contribution in [0.2, 0.25) is 0 Å². The van der Waals surface area contributed by atoms with Crippen molar-refractivity contribution in [2.24, 2.45) is 0 Å². The maximum atomic E-state index is 5.72. The van der Waals surface area contributed by atoms with Crippen molar-refractivity contribution in [3.8, 4) is 11.5 Å². The van der Waals surface area contributed by atoms with Gasteiger partial charge in [-0.15, -0.1) is 0 Å². The Morgan fingerprint density at radius 2 is 2.21 bits per heavy atom. The zero-order valence-electron chi connectivity index (χ0n) is 10.6. The molecule has 3 rings (SSSR count). The molecule has 2 aromatic heterocycles. The minimum atomic E-state index is 0.436. The van der Waals surface area contributed by atoms with E-state index in [1.165, 1.54) is 32.1 Å². The second-order valence-corrected chi connectivity index (χ2v) is 6.07. The number of hydrogen-bond acceptors (Lipinski definition) is 6. The summed E-state index contributed by atoms with van der Waals surface area (Å²) in [4.78, 5) is 4.36. The Kier molecular flexibility index (Phi) is 3.72. The first kappa shape index (κ1) is 12.5. The van der Waals surface area contributed by atoms with Gasteiger partial charge in [-0.3, -0.25) is 5.10 Å². The lowest BCUT2D eigenvalue weighted by atomic mass is 10.0. The highest BCUT2D eigenvalue weighted by Crippen LogP contribution is 2.30. The zero-order valence-corrected chi connectivity index (χ0v) is 11.4. The van der Waals surface area contributed by atoms with E-state index in [0.717, 1.165) is 16.8 Å². The molecule has 3 N–H and O–H groups in total. The van der Waals surface area contributed by atoms with Crippen LogP contribution in [0.3, 0.4) is 0 Å². The van der Waals surface area contributed by atoms with Crippen molar-refractivity contribution in [1.29, 1.82) is 0 Å². The molecule has 1 fully saturated rings. The van der Waals surface area contributed by atoms with E-state index in [1.807, 2.05) is 11.8 Å². The molecule has 1 saturated carbocycles. The Labute approximate surface area is 115 Å². The third-order valence-electron chi connectivity index (χ3n) is 3.37. The molecule has 0 aliphatic heterocycles. The van der Waals surface area contributed by atoms with Crippen molar-refractivity contribution < 1.29 is 4.52 Å². The predicted octanol–water partition coefficient (Wildman–Crippen LogP) is 2.61. The lowest BCUT2D eigenvalue weighted by molar-refractivity contribution is 0.425. The molecule has 0 saturated heterocycles. The van der Waals surface area contributed by atoms with Crippen LogP contribution in [-0.2, 0) is 5.75 Å². The van der Waals surface area contributed by atoms with E-state index in [1.54, 1.807) is 6.20 Å². The molecule has 1 aliphatic carbocycles. The number of rotatable bonds is 4. The number of nitrogens with two attached hydrogens (primary N) is 1. The summed E-state index contributed by atoms with van der Waals surface area (Å²) < 4.78 is 5.22. The summed E-state index contributed by atoms with van der Waals surface area (Å²) in [5.41, 5.74) is 6.39. The molecule has 2 aromatic rings. The fraction of sp³-hybridized carbons (Fsp3) is 0.583. The maximum absolute atomic E-state index is 5.72. The molecular weight excluding hydrogens is 262 g/mol. The Hall–Kier alpha value is -1.50. The molecule has 19 heavy (non-hydrogen) atoms. The molecule has 2 heterocycles. The number of thioether (sulfide) groups is 1. The number of aromatic amines is 1. The van der Waals surface area contributed by atoms with Crippen LogP contribution in [0.1, 0.15) is 37.9 Å². The molecule has 7 heteroatoms. The topological polar surface area (TPSA) is 93.6 Å². The highest BCUT2D eigenvalue weighted by molar-refractivity contribution is 7.99. The van der Waals surface area contributed by atoms with Gasteiger partial charge in [-0.2, -0.15) is 21.8 Å². The van der Waals surface area contributed by atoms with Crippen LogP contribution in [-0.4, -0.2) is 25.6 Å². The number of nitrogen functional groups attached to an aromatic ring is 1. The van der Waals surface area contributed by atoms with Gasteiger partial charge < -0.3 is 10.3 Å². The van der Waals surface area contributed by atoms with Crippen molar-refractivity contribution in [1.82, 2.24) is 20.3 Å². The van der Waals surface area contributed by atoms with Crippen molar-refractivity contribution in [3.63, 3.8) is 0 Å². The molecule has 0 spiro atoms. The molecule has 1 aliphatic rings. The van der Waals surface area contributed by atoms with Crippen LogP contribution in [0.5, 0.6) is 0 Å². The zero-order chi connectivity index (χ0) is 13.1. The number of hydrogen-bond donors (Lipinski definition) is 2. The summed E-state index contributed by atoms with van der Waals surface area (Å²) >= 11 is 1.93.